The molecule has 0 spiro atoms. The third kappa shape index (κ3) is 2.71. The number of halogens is 3. The summed E-state index contributed by atoms with van der Waals surface area (Å²) in [5, 5.41) is -0.794. The van der Waals surface area contributed by atoms with E-state index >= 15 is 0 Å². The highest BCUT2D eigenvalue weighted by Gasteiger charge is 2.21. The lowest BCUT2D eigenvalue weighted by Gasteiger charge is -2.07. The molecule has 0 saturated carbocycles. The summed E-state index contributed by atoms with van der Waals surface area (Å²) in [5.41, 5.74) is 4.24. The molecule has 0 atom stereocenters. The predicted molar refractivity (Wildman–Crippen MR) is 56.7 cm³/mol. The number of nitrogen functional groups attached to an aromatic ring is 1. The molecule has 0 amide bonds. The molecule has 7 heteroatoms. The van der Waals surface area contributed by atoms with Crippen LogP contribution in [0.5, 0.6) is 0 Å². The molecule has 0 aliphatic heterocycles. The van der Waals surface area contributed by atoms with Crippen LogP contribution >= 0.6 is 11.6 Å². The lowest BCUT2D eigenvalue weighted by atomic mass is 10.1. The predicted octanol–water partition coefficient (Wildman–Crippen LogP) is 1.95. The number of Topliss-reactive ketones (excluding diaryl/α,β-unsaturated/α-hetero) is 1. The molecule has 0 aliphatic carbocycles. The number of ether oxygens (including phenoxy) is 1. The molecule has 0 unspecified atom stereocenters. The van der Waals surface area contributed by atoms with Crippen molar-refractivity contribution in [3.63, 3.8) is 0 Å². The summed E-state index contributed by atoms with van der Waals surface area (Å²) >= 11 is 5.26. The van der Waals surface area contributed by atoms with E-state index in [4.69, 9.17) is 17.3 Å². The van der Waals surface area contributed by atoms with Gasteiger partial charge in [-0.3, -0.25) is 9.59 Å². The summed E-state index contributed by atoms with van der Waals surface area (Å²) in [6, 6.07) is 0.687. The zero-order chi connectivity index (χ0) is 13.2. The van der Waals surface area contributed by atoms with Crippen LogP contribution in [-0.4, -0.2) is 18.9 Å². The molecule has 0 aliphatic rings. The van der Waals surface area contributed by atoms with Crippen molar-refractivity contribution in [3.05, 3.63) is 28.3 Å². The van der Waals surface area contributed by atoms with Crippen LogP contribution in [0, 0.1) is 11.6 Å². The van der Waals surface area contributed by atoms with Crippen LogP contribution < -0.4 is 5.73 Å². The van der Waals surface area contributed by atoms with Crippen molar-refractivity contribution in [2.75, 3.05) is 12.8 Å². The molecule has 92 valence electrons. The summed E-state index contributed by atoms with van der Waals surface area (Å²) < 4.78 is 30.6. The molecule has 4 nitrogen and oxygen atoms in total. The molecule has 0 bridgehead atoms. The summed E-state index contributed by atoms with van der Waals surface area (Å²) in [7, 11) is 1.09. The normalized spacial score (nSPS) is 10.1. The second-order valence-corrected chi connectivity index (χ2v) is 3.50. The van der Waals surface area contributed by atoms with Crippen molar-refractivity contribution < 1.29 is 23.1 Å². The minimum Gasteiger partial charge on any atom is -0.469 e. The number of ketones is 1. The summed E-state index contributed by atoms with van der Waals surface area (Å²) in [4.78, 5) is 22.3. The van der Waals surface area contributed by atoms with E-state index in [-0.39, 0.29) is 0 Å². The maximum absolute atomic E-state index is 13.3. The Morgan fingerprint density at radius 3 is 2.59 bits per heavy atom. The number of rotatable bonds is 3. The van der Waals surface area contributed by atoms with E-state index in [9.17, 15) is 18.4 Å². The summed E-state index contributed by atoms with van der Waals surface area (Å²) in [6.07, 6.45) is -0.652. The molecule has 1 rings (SSSR count). The van der Waals surface area contributed by atoms with Crippen LogP contribution in [0.2, 0.25) is 5.02 Å². The molecule has 0 saturated heterocycles. The fourth-order valence-electron chi connectivity index (χ4n) is 1.14. The van der Waals surface area contributed by atoms with Gasteiger partial charge < -0.3 is 10.5 Å². The lowest BCUT2D eigenvalue weighted by molar-refractivity contribution is -0.139. The number of hydrogen-bond acceptors (Lipinski definition) is 4. The number of carbonyl (C=O) groups is 2. The van der Waals surface area contributed by atoms with Gasteiger partial charge in [0, 0.05) is 5.56 Å². The third-order valence-electron chi connectivity index (χ3n) is 2.03. The zero-order valence-corrected chi connectivity index (χ0v) is 9.48. The minimum absolute atomic E-state index is 0.435. The highest BCUT2D eigenvalue weighted by atomic mass is 35.5. The van der Waals surface area contributed by atoms with Gasteiger partial charge in [0.15, 0.2) is 11.6 Å². The van der Waals surface area contributed by atoms with Crippen molar-refractivity contribution in [3.8, 4) is 0 Å². The molecular weight excluding hydrogens is 256 g/mol. The average molecular weight is 264 g/mol. The van der Waals surface area contributed by atoms with Crippen LogP contribution in [0.25, 0.3) is 0 Å². The Morgan fingerprint density at radius 1 is 1.47 bits per heavy atom. The van der Waals surface area contributed by atoms with Crippen LogP contribution in [0.3, 0.4) is 0 Å². The maximum atomic E-state index is 13.3. The van der Waals surface area contributed by atoms with Gasteiger partial charge in [-0.25, -0.2) is 8.78 Å². The van der Waals surface area contributed by atoms with Gasteiger partial charge >= 0.3 is 5.97 Å². The number of benzene rings is 1. The third-order valence-corrected chi connectivity index (χ3v) is 2.38. The molecule has 0 radical (unpaired) electrons. The zero-order valence-electron chi connectivity index (χ0n) is 8.72. The second-order valence-electron chi connectivity index (χ2n) is 3.12. The Morgan fingerprint density at radius 2 is 2.06 bits per heavy atom. The average Bonchev–Trinajstić information content (AvgIpc) is 2.30. The Balaban J connectivity index is 3.15. The summed E-state index contributed by atoms with van der Waals surface area (Å²) in [5.74, 6) is -4.01. The van der Waals surface area contributed by atoms with Gasteiger partial charge in [0.1, 0.15) is 17.3 Å². The fraction of sp³-hybridized carbons (Fsp3) is 0.200. The highest BCUT2D eigenvalue weighted by molar-refractivity contribution is 6.31. The molecule has 0 heterocycles. The van der Waals surface area contributed by atoms with Gasteiger partial charge in [0.2, 0.25) is 0 Å². The summed E-state index contributed by atoms with van der Waals surface area (Å²) in [6.45, 7) is 0. The Labute approximate surface area is 100 Å². The van der Waals surface area contributed by atoms with Crippen molar-refractivity contribution in [1.29, 1.82) is 0 Å². The first kappa shape index (κ1) is 13.4. The van der Waals surface area contributed by atoms with Gasteiger partial charge in [0.25, 0.3) is 0 Å². The Kier molecular flexibility index (Phi) is 4.01. The second kappa shape index (κ2) is 5.09. The molecule has 1 aromatic rings. The van der Waals surface area contributed by atoms with Crippen LogP contribution in [0.4, 0.5) is 14.5 Å². The number of hydrogen-bond donors (Lipinski definition) is 1. The van der Waals surface area contributed by atoms with Crippen molar-refractivity contribution in [1.82, 2.24) is 0 Å². The van der Waals surface area contributed by atoms with E-state index in [2.05, 4.69) is 4.74 Å². The lowest BCUT2D eigenvalue weighted by Crippen LogP contribution is -2.13. The van der Waals surface area contributed by atoms with Crippen molar-refractivity contribution in [2.24, 2.45) is 0 Å². The molecule has 0 fully saturated rings. The smallest absolute Gasteiger partial charge is 0.313 e. The van der Waals surface area contributed by atoms with Crippen LogP contribution in [0.1, 0.15) is 16.8 Å². The number of esters is 1. The van der Waals surface area contributed by atoms with Gasteiger partial charge in [-0.05, 0) is 6.07 Å². The van der Waals surface area contributed by atoms with Crippen molar-refractivity contribution >= 4 is 29.0 Å². The van der Waals surface area contributed by atoms with Crippen molar-refractivity contribution in [2.45, 2.75) is 6.42 Å². The monoisotopic (exact) mass is 263 g/mol. The maximum Gasteiger partial charge on any atom is 0.313 e. The molecule has 2 N–H and O–H groups in total. The number of anilines is 1. The van der Waals surface area contributed by atoms with Gasteiger partial charge in [0.05, 0.1) is 12.8 Å². The molecular formula is C10H8ClF2NO3. The van der Waals surface area contributed by atoms with E-state index in [1.54, 1.807) is 0 Å². The molecule has 1 aromatic carbocycles. The van der Waals surface area contributed by atoms with E-state index in [1.165, 1.54) is 0 Å². The first-order valence-electron chi connectivity index (χ1n) is 4.41. The van der Waals surface area contributed by atoms with Gasteiger partial charge in [-0.2, -0.15) is 0 Å². The topological polar surface area (TPSA) is 69.4 Å². The highest BCUT2D eigenvalue weighted by Crippen LogP contribution is 2.28. The first-order chi connectivity index (χ1) is 7.88. The largest absolute Gasteiger partial charge is 0.469 e. The van der Waals surface area contributed by atoms with Gasteiger partial charge in [-0.1, -0.05) is 11.6 Å². The molecule has 17 heavy (non-hydrogen) atoms. The van der Waals surface area contributed by atoms with Crippen LogP contribution in [0.15, 0.2) is 6.07 Å². The standard InChI is InChI=1S/C10H8ClF2NO3/c1-17-7(16)3-6(15)4-2-5(12)8(11)9(13)10(4)14/h2H,3,14H2,1H3. The first-order valence-corrected chi connectivity index (χ1v) is 4.79. The molecule has 0 aromatic heterocycles. The number of nitrogens with two attached hydrogens (primary N) is 1. The SMILES string of the molecule is COC(=O)CC(=O)c1cc(F)c(Cl)c(F)c1N. The van der Waals surface area contributed by atoms with Crippen LogP contribution in [-0.2, 0) is 9.53 Å². The van der Waals surface area contributed by atoms with E-state index in [0.29, 0.717) is 6.07 Å². The Hall–Kier alpha value is -1.69. The van der Waals surface area contributed by atoms with E-state index < -0.39 is 46.1 Å². The number of methoxy groups -OCH3 is 1. The number of carbonyl (C=O) groups excluding carboxylic acids is 2. The van der Waals surface area contributed by atoms with E-state index in [1.807, 2.05) is 0 Å². The van der Waals surface area contributed by atoms with E-state index in [0.717, 1.165) is 7.11 Å². The quantitative estimate of drug-likeness (QED) is 0.297. The minimum atomic E-state index is -1.22. The fourth-order valence-corrected chi connectivity index (χ4v) is 1.29. The Bertz CT molecular complexity index is 491. The van der Waals surface area contributed by atoms with Gasteiger partial charge in [-0.15, -0.1) is 0 Å².